The lowest BCUT2D eigenvalue weighted by Gasteiger charge is -2.16. The summed E-state index contributed by atoms with van der Waals surface area (Å²) in [4.78, 5) is 13.0. The highest BCUT2D eigenvalue weighted by Crippen LogP contribution is 1.89. The molecule has 13 heavy (non-hydrogen) atoms. The lowest BCUT2D eigenvalue weighted by atomic mass is 10.4. The van der Waals surface area contributed by atoms with Crippen LogP contribution in [0.2, 0.25) is 0 Å². The lowest BCUT2D eigenvalue weighted by molar-refractivity contribution is -0.144. The number of hydrogen-bond donors (Lipinski definition) is 1. The molecule has 2 N–H and O–H groups in total. The molecule has 0 radical (unpaired) electrons. The van der Waals surface area contributed by atoms with Crippen LogP contribution in [0.25, 0.3) is 0 Å². The standard InChI is InChI=1S/C9H18N2O2/c1-3-6-11(4-2)8-9(12)13-7-5-10/h3H,1,4-8,10H2,2H3. The minimum atomic E-state index is -0.228. The molecule has 0 aromatic heterocycles. The maximum Gasteiger partial charge on any atom is 0.320 e. The predicted molar refractivity (Wildman–Crippen MR) is 52.3 cm³/mol. The van der Waals surface area contributed by atoms with Crippen molar-refractivity contribution in [1.29, 1.82) is 0 Å². The average Bonchev–Trinajstić information content (AvgIpc) is 2.14. The second-order valence-electron chi connectivity index (χ2n) is 2.63. The molecule has 0 aliphatic heterocycles. The molecular formula is C9H18N2O2. The van der Waals surface area contributed by atoms with Gasteiger partial charge in [0, 0.05) is 13.1 Å². The molecule has 4 nitrogen and oxygen atoms in total. The lowest BCUT2D eigenvalue weighted by Crippen LogP contribution is -2.31. The van der Waals surface area contributed by atoms with Crippen LogP contribution in [0.1, 0.15) is 6.92 Å². The molecule has 0 amide bonds. The van der Waals surface area contributed by atoms with Crippen molar-refractivity contribution >= 4 is 5.97 Å². The van der Waals surface area contributed by atoms with Gasteiger partial charge in [-0.25, -0.2) is 0 Å². The zero-order chi connectivity index (χ0) is 10.1. The second-order valence-corrected chi connectivity index (χ2v) is 2.63. The zero-order valence-electron chi connectivity index (χ0n) is 8.16. The molecule has 76 valence electrons. The van der Waals surface area contributed by atoms with E-state index in [4.69, 9.17) is 10.5 Å². The number of carbonyl (C=O) groups excluding carboxylic acids is 1. The van der Waals surface area contributed by atoms with Crippen LogP contribution >= 0.6 is 0 Å². The highest BCUT2D eigenvalue weighted by atomic mass is 16.5. The summed E-state index contributed by atoms with van der Waals surface area (Å²) in [5.74, 6) is -0.228. The van der Waals surface area contributed by atoms with Crippen LogP contribution in [0.4, 0.5) is 0 Å². The van der Waals surface area contributed by atoms with Gasteiger partial charge in [0.05, 0.1) is 6.54 Å². The molecule has 0 fully saturated rings. The number of nitrogens with zero attached hydrogens (tertiary/aromatic N) is 1. The molecule has 0 rings (SSSR count). The van der Waals surface area contributed by atoms with E-state index in [1.165, 1.54) is 0 Å². The van der Waals surface area contributed by atoms with E-state index in [2.05, 4.69) is 6.58 Å². The van der Waals surface area contributed by atoms with E-state index in [9.17, 15) is 4.79 Å². The molecule has 4 heteroatoms. The van der Waals surface area contributed by atoms with Gasteiger partial charge >= 0.3 is 5.97 Å². The van der Waals surface area contributed by atoms with Gasteiger partial charge in [0.25, 0.3) is 0 Å². The predicted octanol–water partition coefficient (Wildman–Crippen LogP) is -0.00380. The molecule has 0 saturated heterocycles. The fraction of sp³-hybridized carbons (Fsp3) is 0.667. The van der Waals surface area contributed by atoms with Crippen molar-refractivity contribution in [3.05, 3.63) is 12.7 Å². The maximum absolute atomic E-state index is 11.1. The third-order valence-corrected chi connectivity index (χ3v) is 1.57. The van der Waals surface area contributed by atoms with Crippen molar-refractivity contribution in [3.8, 4) is 0 Å². The van der Waals surface area contributed by atoms with Crippen molar-refractivity contribution in [2.75, 3.05) is 32.8 Å². The summed E-state index contributed by atoms with van der Waals surface area (Å²) in [6.45, 7) is 8.08. The molecule has 0 aromatic rings. The first-order chi connectivity index (χ1) is 6.24. The minimum Gasteiger partial charge on any atom is -0.463 e. The van der Waals surface area contributed by atoms with E-state index >= 15 is 0 Å². The van der Waals surface area contributed by atoms with Gasteiger partial charge in [-0.05, 0) is 6.54 Å². The van der Waals surface area contributed by atoms with Crippen molar-refractivity contribution < 1.29 is 9.53 Å². The Kier molecular flexibility index (Phi) is 7.24. The van der Waals surface area contributed by atoms with Gasteiger partial charge in [-0.2, -0.15) is 0 Å². The Morgan fingerprint density at radius 3 is 2.85 bits per heavy atom. The monoisotopic (exact) mass is 186 g/mol. The van der Waals surface area contributed by atoms with Crippen LogP contribution in [-0.4, -0.2) is 43.7 Å². The van der Waals surface area contributed by atoms with Gasteiger partial charge in [0.1, 0.15) is 6.61 Å². The van der Waals surface area contributed by atoms with E-state index in [0.29, 0.717) is 26.2 Å². The van der Waals surface area contributed by atoms with E-state index < -0.39 is 0 Å². The van der Waals surface area contributed by atoms with Crippen LogP contribution in [0.15, 0.2) is 12.7 Å². The second kappa shape index (κ2) is 7.76. The van der Waals surface area contributed by atoms with Crippen molar-refractivity contribution in [3.63, 3.8) is 0 Å². The van der Waals surface area contributed by atoms with Crippen LogP contribution in [0.5, 0.6) is 0 Å². The Morgan fingerprint density at radius 1 is 1.69 bits per heavy atom. The van der Waals surface area contributed by atoms with Gasteiger partial charge in [-0.15, -0.1) is 6.58 Å². The summed E-state index contributed by atoms with van der Waals surface area (Å²) in [5.41, 5.74) is 5.19. The molecular weight excluding hydrogens is 168 g/mol. The van der Waals surface area contributed by atoms with Crippen molar-refractivity contribution in [2.45, 2.75) is 6.92 Å². The van der Waals surface area contributed by atoms with Gasteiger partial charge in [-0.1, -0.05) is 13.0 Å². The zero-order valence-corrected chi connectivity index (χ0v) is 8.16. The summed E-state index contributed by atoms with van der Waals surface area (Å²) in [5, 5.41) is 0. The van der Waals surface area contributed by atoms with Crippen LogP contribution in [0, 0.1) is 0 Å². The highest BCUT2D eigenvalue weighted by Gasteiger charge is 2.07. The van der Waals surface area contributed by atoms with Crippen LogP contribution in [0.3, 0.4) is 0 Å². The Balaban J connectivity index is 3.65. The largest absolute Gasteiger partial charge is 0.463 e. The molecule has 0 aliphatic carbocycles. The van der Waals surface area contributed by atoms with E-state index in [1.54, 1.807) is 6.08 Å². The number of ether oxygens (including phenoxy) is 1. The number of likely N-dealkylation sites (N-methyl/N-ethyl adjacent to an activating group) is 1. The first kappa shape index (κ1) is 12.1. The van der Waals surface area contributed by atoms with Crippen molar-refractivity contribution in [1.82, 2.24) is 4.90 Å². The Labute approximate surface area is 79.3 Å². The van der Waals surface area contributed by atoms with Crippen LogP contribution < -0.4 is 5.73 Å². The van der Waals surface area contributed by atoms with Gasteiger partial charge < -0.3 is 10.5 Å². The number of carbonyl (C=O) groups is 1. The van der Waals surface area contributed by atoms with Crippen molar-refractivity contribution in [2.24, 2.45) is 5.73 Å². The minimum absolute atomic E-state index is 0.228. The van der Waals surface area contributed by atoms with E-state index in [1.807, 2.05) is 11.8 Å². The highest BCUT2D eigenvalue weighted by molar-refractivity contribution is 5.71. The molecule has 0 spiro atoms. The quantitative estimate of drug-likeness (QED) is 0.449. The van der Waals surface area contributed by atoms with Crippen LogP contribution in [-0.2, 0) is 9.53 Å². The third-order valence-electron chi connectivity index (χ3n) is 1.57. The Bertz CT molecular complexity index is 160. The molecule has 0 aromatic carbocycles. The van der Waals surface area contributed by atoms with E-state index in [0.717, 1.165) is 6.54 Å². The number of rotatable bonds is 7. The number of esters is 1. The molecule has 0 bridgehead atoms. The first-order valence-corrected chi connectivity index (χ1v) is 4.43. The summed E-state index contributed by atoms with van der Waals surface area (Å²) in [6.07, 6.45) is 1.76. The van der Waals surface area contributed by atoms with Gasteiger partial charge in [0.15, 0.2) is 0 Å². The third kappa shape index (κ3) is 6.31. The first-order valence-electron chi connectivity index (χ1n) is 4.43. The maximum atomic E-state index is 11.1. The Morgan fingerprint density at radius 2 is 2.38 bits per heavy atom. The SMILES string of the molecule is C=CCN(CC)CC(=O)OCCN. The average molecular weight is 186 g/mol. The van der Waals surface area contributed by atoms with Gasteiger partial charge in [0.2, 0.25) is 0 Å². The molecule has 0 unspecified atom stereocenters. The summed E-state index contributed by atoms with van der Waals surface area (Å²) < 4.78 is 4.83. The summed E-state index contributed by atoms with van der Waals surface area (Å²) in [6, 6.07) is 0. The number of hydrogen-bond acceptors (Lipinski definition) is 4. The number of nitrogens with two attached hydrogens (primary N) is 1. The molecule has 0 atom stereocenters. The summed E-state index contributed by atoms with van der Waals surface area (Å²) >= 11 is 0. The normalized spacial score (nSPS) is 10.1. The molecule has 0 saturated carbocycles. The smallest absolute Gasteiger partial charge is 0.320 e. The fourth-order valence-corrected chi connectivity index (χ4v) is 0.889. The molecule has 0 aliphatic rings. The molecule has 0 heterocycles. The van der Waals surface area contributed by atoms with Gasteiger partial charge in [-0.3, -0.25) is 9.69 Å². The topological polar surface area (TPSA) is 55.6 Å². The summed E-state index contributed by atoms with van der Waals surface area (Å²) in [7, 11) is 0. The Hall–Kier alpha value is -0.870. The van der Waals surface area contributed by atoms with E-state index in [-0.39, 0.29) is 5.97 Å². The fourth-order valence-electron chi connectivity index (χ4n) is 0.889.